The zero-order chi connectivity index (χ0) is 10.8. The molecule has 0 aliphatic rings. The summed E-state index contributed by atoms with van der Waals surface area (Å²) in [6.45, 7) is 4.32. The van der Waals surface area contributed by atoms with E-state index in [1.165, 1.54) is 15.6 Å². The van der Waals surface area contributed by atoms with Crippen LogP contribution in [-0.4, -0.2) is 5.38 Å². The first kappa shape index (κ1) is 11.0. The van der Waals surface area contributed by atoms with Crippen molar-refractivity contribution in [1.29, 1.82) is 0 Å². The van der Waals surface area contributed by atoms with Crippen molar-refractivity contribution in [3.05, 3.63) is 35.2 Å². The van der Waals surface area contributed by atoms with Crippen LogP contribution < -0.4 is 0 Å². The van der Waals surface area contributed by atoms with Crippen LogP contribution >= 0.6 is 22.9 Å². The molecular formula is C13H15ClS. The number of rotatable bonds is 3. The van der Waals surface area contributed by atoms with E-state index in [1.54, 1.807) is 0 Å². The second-order valence-corrected chi connectivity index (χ2v) is 5.76. The average molecular weight is 239 g/mol. The SMILES string of the molecule is CC(Cl)CC(C)c1cccc2ccsc12. The van der Waals surface area contributed by atoms with Crippen LogP contribution in [0.15, 0.2) is 29.6 Å². The lowest BCUT2D eigenvalue weighted by Crippen LogP contribution is -2.00. The Morgan fingerprint density at radius 3 is 2.80 bits per heavy atom. The van der Waals surface area contributed by atoms with Gasteiger partial charge in [0.15, 0.2) is 0 Å². The van der Waals surface area contributed by atoms with Gasteiger partial charge in [-0.05, 0) is 41.7 Å². The molecule has 0 amide bonds. The van der Waals surface area contributed by atoms with E-state index in [0.29, 0.717) is 5.92 Å². The Morgan fingerprint density at radius 2 is 2.07 bits per heavy atom. The molecule has 1 heterocycles. The van der Waals surface area contributed by atoms with Crippen LogP contribution in [0.4, 0.5) is 0 Å². The second-order valence-electron chi connectivity index (χ2n) is 4.10. The van der Waals surface area contributed by atoms with E-state index >= 15 is 0 Å². The molecule has 2 atom stereocenters. The molecule has 15 heavy (non-hydrogen) atoms. The van der Waals surface area contributed by atoms with E-state index in [0.717, 1.165) is 6.42 Å². The summed E-state index contributed by atoms with van der Waals surface area (Å²) in [4.78, 5) is 0. The summed E-state index contributed by atoms with van der Waals surface area (Å²) in [6.07, 6.45) is 1.04. The van der Waals surface area contributed by atoms with Gasteiger partial charge in [-0.2, -0.15) is 0 Å². The van der Waals surface area contributed by atoms with Crippen molar-refractivity contribution >= 4 is 33.0 Å². The van der Waals surface area contributed by atoms with Crippen molar-refractivity contribution in [1.82, 2.24) is 0 Å². The highest BCUT2D eigenvalue weighted by molar-refractivity contribution is 7.17. The Labute approximate surface area is 99.9 Å². The molecule has 80 valence electrons. The molecule has 1 aromatic heterocycles. The maximum absolute atomic E-state index is 6.05. The topological polar surface area (TPSA) is 0 Å². The summed E-state index contributed by atoms with van der Waals surface area (Å²) in [5.41, 5.74) is 1.44. The van der Waals surface area contributed by atoms with Gasteiger partial charge in [0.1, 0.15) is 0 Å². The molecule has 0 saturated heterocycles. The van der Waals surface area contributed by atoms with Gasteiger partial charge in [0.25, 0.3) is 0 Å². The van der Waals surface area contributed by atoms with Crippen molar-refractivity contribution in [3.8, 4) is 0 Å². The number of benzene rings is 1. The van der Waals surface area contributed by atoms with Gasteiger partial charge < -0.3 is 0 Å². The fourth-order valence-electron chi connectivity index (χ4n) is 2.02. The predicted molar refractivity (Wildman–Crippen MR) is 70.2 cm³/mol. The highest BCUT2D eigenvalue weighted by atomic mass is 35.5. The quantitative estimate of drug-likeness (QED) is 0.659. The summed E-state index contributed by atoms with van der Waals surface area (Å²) < 4.78 is 1.42. The number of hydrogen-bond donors (Lipinski definition) is 0. The highest BCUT2D eigenvalue weighted by Crippen LogP contribution is 2.32. The molecule has 2 unspecified atom stereocenters. The molecule has 0 aliphatic carbocycles. The molecule has 0 bridgehead atoms. The van der Waals surface area contributed by atoms with Gasteiger partial charge in [-0.3, -0.25) is 0 Å². The third-order valence-corrected chi connectivity index (χ3v) is 3.88. The summed E-state index contributed by atoms with van der Waals surface area (Å²) in [6, 6.07) is 8.72. The number of halogens is 1. The minimum atomic E-state index is 0.246. The monoisotopic (exact) mass is 238 g/mol. The van der Waals surface area contributed by atoms with E-state index in [1.807, 2.05) is 11.3 Å². The summed E-state index contributed by atoms with van der Waals surface area (Å²) in [5, 5.41) is 3.76. The molecule has 0 spiro atoms. The van der Waals surface area contributed by atoms with Crippen LogP contribution in [0.25, 0.3) is 10.1 Å². The molecule has 0 radical (unpaired) electrons. The fourth-order valence-corrected chi connectivity index (χ4v) is 3.31. The van der Waals surface area contributed by atoms with E-state index in [2.05, 4.69) is 43.5 Å². The minimum Gasteiger partial charge on any atom is -0.144 e. The lowest BCUT2D eigenvalue weighted by Gasteiger charge is -2.14. The van der Waals surface area contributed by atoms with E-state index in [4.69, 9.17) is 11.6 Å². The summed E-state index contributed by atoms with van der Waals surface area (Å²) >= 11 is 7.88. The van der Waals surface area contributed by atoms with Crippen molar-refractivity contribution < 1.29 is 0 Å². The number of hydrogen-bond acceptors (Lipinski definition) is 1. The first-order chi connectivity index (χ1) is 7.18. The Morgan fingerprint density at radius 1 is 1.27 bits per heavy atom. The summed E-state index contributed by atoms with van der Waals surface area (Å²) in [7, 11) is 0. The summed E-state index contributed by atoms with van der Waals surface area (Å²) in [5.74, 6) is 0.542. The van der Waals surface area contributed by atoms with Crippen LogP contribution in [0.3, 0.4) is 0 Å². The zero-order valence-electron chi connectivity index (χ0n) is 9.03. The van der Waals surface area contributed by atoms with Gasteiger partial charge in [-0.25, -0.2) is 0 Å². The Kier molecular flexibility index (Phi) is 3.32. The molecular weight excluding hydrogens is 224 g/mol. The van der Waals surface area contributed by atoms with Gasteiger partial charge >= 0.3 is 0 Å². The molecule has 0 fully saturated rings. The normalized spacial score (nSPS) is 15.4. The Balaban J connectivity index is 2.38. The first-order valence-electron chi connectivity index (χ1n) is 5.28. The predicted octanol–water partition coefficient (Wildman–Crippen LogP) is 5.02. The fraction of sp³-hybridized carbons (Fsp3) is 0.385. The zero-order valence-corrected chi connectivity index (χ0v) is 10.6. The van der Waals surface area contributed by atoms with Crippen LogP contribution in [0, 0.1) is 0 Å². The van der Waals surface area contributed by atoms with Crippen LogP contribution in [0.2, 0.25) is 0 Å². The molecule has 0 nitrogen and oxygen atoms in total. The van der Waals surface area contributed by atoms with Crippen LogP contribution in [-0.2, 0) is 0 Å². The first-order valence-corrected chi connectivity index (χ1v) is 6.60. The van der Waals surface area contributed by atoms with Crippen LogP contribution in [0.1, 0.15) is 31.7 Å². The molecule has 0 saturated carbocycles. The van der Waals surface area contributed by atoms with E-state index < -0.39 is 0 Å². The molecule has 0 N–H and O–H groups in total. The lowest BCUT2D eigenvalue weighted by molar-refractivity contribution is 0.676. The number of alkyl halides is 1. The molecule has 2 aromatic rings. The van der Waals surface area contributed by atoms with Gasteiger partial charge in [0.05, 0.1) is 0 Å². The van der Waals surface area contributed by atoms with Crippen LogP contribution in [0.5, 0.6) is 0 Å². The van der Waals surface area contributed by atoms with Gasteiger partial charge in [0.2, 0.25) is 0 Å². The van der Waals surface area contributed by atoms with E-state index in [-0.39, 0.29) is 5.38 Å². The average Bonchev–Trinajstić information content (AvgIpc) is 2.63. The second kappa shape index (κ2) is 4.54. The van der Waals surface area contributed by atoms with Crippen molar-refractivity contribution in [2.24, 2.45) is 0 Å². The molecule has 2 heteroatoms. The number of fused-ring (bicyclic) bond motifs is 1. The van der Waals surface area contributed by atoms with Gasteiger partial charge in [-0.1, -0.05) is 25.1 Å². The maximum Gasteiger partial charge on any atom is 0.0377 e. The highest BCUT2D eigenvalue weighted by Gasteiger charge is 2.12. The van der Waals surface area contributed by atoms with Crippen molar-refractivity contribution in [3.63, 3.8) is 0 Å². The van der Waals surface area contributed by atoms with Gasteiger partial charge in [0, 0.05) is 10.1 Å². The largest absolute Gasteiger partial charge is 0.144 e. The Bertz CT molecular complexity index is 444. The van der Waals surface area contributed by atoms with Crippen molar-refractivity contribution in [2.45, 2.75) is 31.6 Å². The Hall–Kier alpha value is -0.530. The molecule has 2 rings (SSSR count). The number of thiophene rings is 1. The van der Waals surface area contributed by atoms with E-state index in [9.17, 15) is 0 Å². The van der Waals surface area contributed by atoms with Crippen molar-refractivity contribution in [2.75, 3.05) is 0 Å². The minimum absolute atomic E-state index is 0.246. The lowest BCUT2D eigenvalue weighted by atomic mass is 9.95. The third-order valence-electron chi connectivity index (χ3n) is 2.72. The third kappa shape index (κ3) is 2.35. The standard InChI is InChI=1S/C13H15ClS/c1-9(8-10(2)14)12-5-3-4-11-6-7-15-13(11)12/h3-7,9-10H,8H2,1-2H3. The molecule has 0 aliphatic heterocycles. The molecule has 1 aromatic carbocycles. The maximum atomic E-state index is 6.05. The smallest absolute Gasteiger partial charge is 0.0377 e. The van der Waals surface area contributed by atoms with Gasteiger partial charge in [-0.15, -0.1) is 22.9 Å².